The van der Waals surface area contributed by atoms with Crippen LogP contribution in [0.3, 0.4) is 0 Å². The lowest BCUT2D eigenvalue weighted by Crippen LogP contribution is -2.55. The third-order valence-corrected chi connectivity index (χ3v) is 8.10. The van der Waals surface area contributed by atoms with Crippen molar-refractivity contribution in [2.45, 2.75) is 37.3 Å². The van der Waals surface area contributed by atoms with Gasteiger partial charge in [-0.15, -0.1) is 0 Å². The van der Waals surface area contributed by atoms with Crippen molar-refractivity contribution in [3.05, 3.63) is 64.0 Å². The van der Waals surface area contributed by atoms with Crippen molar-refractivity contribution in [3.8, 4) is 0 Å². The summed E-state index contributed by atoms with van der Waals surface area (Å²) in [6.45, 7) is 2.04. The van der Waals surface area contributed by atoms with Gasteiger partial charge in [0.25, 0.3) is 11.6 Å². The third kappa shape index (κ3) is 3.55. The molecule has 0 saturated carbocycles. The lowest BCUT2D eigenvalue weighted by molar-refractivity contribution is -0.384. The minimum absolute atomic E-state index is 0.0179. The lowest BCUT2D eigenvalue weighted by atomic mass is 9.72. The number of aliphatic hydroxyl groups excluding tert-OH is 1. The fraction of sp³-hybridized carbons (Fsp3) is 0.385. The molecule has 2 fully saturated rings. The maximum Gasteiger partial charge on any atom is 0.289 e. The number of anilines is 1. The summed E-state index contributed by atoms with van der Waals surface area (Å²) in [5, 5.41) is 24.3. The van der Waals surface area contributed by atoms with Crippen molar-refractivity contribution in [2.75, 3.05) is 25.0 Å². The van der Waals surface area contributed by atoms with Crippen LogP contribution < -0.4 is 5.32 Å². The number of hydrogen-bond donors (Lipinski definition) is 3. The number of rotatable bonds is 3. The van der Waals surface area contributed by atoms with Crippen molar-refractivity contribution >= 4 is 40.1 Å². The number of non-ortho nitro benzene ring substituents is 1. The molecule has 4 heterocycles. The molecule has 3 N–H and O–H groups in total. The first kappa shape index (κ1) is 24.0. The van der Waals surface area contributed by atoms with Crippen LogP contribution in [-0.4, -0.2) is 79.3 Å². The summed E-state index contributed by atoms with van der Waals surface area (Å²) in [6.07, 6.45) is 0.594. The molecule has 12 nitrogen and oxygen atoms in total. The molecule has 2 aromatic carbocycles. The Morgan fingerprint density at radius 1 is 1.18 bits per heavy atom. The molecular weight excluding hydrogens is 492 g/mol. The van der Waals surface area contributed by atoms with Crippen LogP contribution in [0.5, 0.6) is 0 Å². The predicted molar refractivity (Wildman–Crippen MR) is 135 cm³/mol. The highest BCUT2D eigenvalue weighted by molar-refractivity contribution is 6.10. The van der Waals surface area contributed by atoms with Gasteiger partial charge >= 0.3 is 0 Å². The van der Waals surface area contributed by atoms with Gasteiger partial charge in [0.2, 0.25) is 11.8 Å². The zero-order valence-corrected chi connectivity index (χ0v) is 20.6. The van der Waals surface area contributed by atoms with Gasteiger partial charge in [0.1, 0.15) is 5.41 Å². The Labute approximate surface area is 216 Å². The van der Waals surface area contributed by atoms with Crippen LogP contribution in [0.15, 0.2) is 42.5 Å². The summed E-state index contributed by atoms with van der Waals surface area (Å²) < 4.78 is 0. The zero-order valence-electron chi connectivity index (χ0n) is 20.6. The van der Waals surface area contributed by atoms with Gasteiger partial charge in [-0.2, -0.15) is 0 Å². The molecule has 6 rings (SSSR count). The summed E-state index contributed by atoms with van der Waals surface area (Å²) in [5.41, 5.74) is 0.556. The number of aromatic nitrogens is 2. The molecule has 2 saturated heterocycles. The van der Waals surface area contributed by atoms with Crippen molar-refractivity contribution < 1.29 is 24.4 Å². The third-order valence-electron chi connectivity index (χ3n) is 8.10. The lowest BCUT2D eigenvalue weighted by Gasteiger charge is -2.39. The SMILES string of the molecule is C[C@H]1CC[C@H](O)CN1C(=O)C1CN(C(=O)c2nc3ccc([N+](=O)[O-])cc3[nH]2)CC12C(=O)Nc1ccccc12. The number of aliphatic hydroxyl groups is 1. The molecule has 1 spiro atoms. The van der Waals surface area contributed by atoms with E-state index in [2.05, 4.69) is 15.3 Å². The Morgan fingerprint density at radius 3 is 2.76 bits per heavy atom. The maximum absolute atomic E-state index is 14.0. The van der Waals surface area contributed by atoms with Gasteiger partial charge < -0.3 is 25.2 Å². The van der Waals surface area contributed by atoms with E-state index in [1.165, 1.54) is 23.1 Å². The zero-order chi connectivity index (χ0) is 26.8. The number of likely N-dealkylation sites (tertiary alicyclic amines) is 2. The number of nitro benzene ring substituents is 1. The van der Waals surface area contributed by atoms with Gasteiger partial charge in [0.05, 0.1) is 28.0 Å². The molecule has 4 atom stereocenters. The summed E-state index contributed by atoms with van der Waals surface area (Å²) in [4.78, 5) is 62.1. The van der Waals surface area contributed by atoms with E-state index in [1.807, 2.05) is 6.92 Å². The number of imidazole rings is 1. The summed E-state index contributed by atoms with van der Waals surface area (Å²) in [7, 11) is 0. The number of nitrogens with zero attached hydrogens (tertiary/aromatic N) is 4. The number of nitrogens with one attached hydrogen (secondary N) is 2. The van der Waals surface area contributed by atoms with E-state index in [-0.39, 0.29) is 49.0 Å². The molecule has 12 heteroatoms. The molecule has 0 aliphatic carbocycles. The molecule has 38 heavy (non-hydrogen) atoms. The molecular formula is C26H26N6O6. The van der Waals surface area contributed by atoms with Crippen LogP contribution in [0.2, 0.25) is 0 Å². The molecule has 1 aromatic heterocycles. The number of amides is 3. The topological polar surface area (TPSA) is 162 Å². The molecule has 3 amide bonds. The minimum atomic E-state index is -1.30. The first-order valence-corrected chi connectivity index (χ1v) is 12.5. The van der Waals surface area contributed by atoms with Gasteiger partial charge in [0.15, 0.2) is 5.82 Å². The van der Waals surface area contributed by atoms with E-state index in [0.717, 1.165) is 0 Å². The van der Waals surface area contributed by atoms with E-state index >= 15 is 0 Å². The molecule has 3 aliphatic rings. The van der Waals surface area contributed by atoms with Crippen LogP contribution in [0.25, 0.3) is 11.0 Å². The number of aromatic amines is 1. The first-order valence-electron chi connectivity index (χ1n) is 12.5. The highest BCUT2D eigenvalue weighted by Gasteiger charge is 2.61. The largest absolute Gasteiger partial charge is 0.391 e. The fourth-order valence-corrected chi connectivity index (χ4v) is 6.09. The quantitative estimate of drug-likeness (QED) is 0.352. The van der Waals surface area contributed by atoms with E-state index in [0.29, 0.717) is 35.1 Å². The Balaban J connectivity index is 1.39. The number of β-amino-alcohol motifs (C(OH)–C–C–N with tert-alkyl or cyclic N) is 1. The average Bonchev–Trinajstić information content (AvgIpc) is 3.59. The molecule has 3 aromatic rings. The van der Waals surface area contributed by atoms with Gasteiger partial charge in [0, 0.05) is 43.5 Å². The molecule has 196 valence electrons. The van der Waals surface area contributed by atoms with Gasteiger partial charge in [-0.3, -0.25) is 24.5 Å². The normalized spacial score (nSPS) is 26.6. The molecule has 0 bridgehead atoms. The van der Waals surface area contributed by atoms with Gasteiger partial charge in [-0.05, 0) is 37.5 Å². The second-order valence-electron chi connectivity index (χ2n) is 10.3. The van der Waals surface area contributed by atoms with Gasteiger partial charge in [-0.25, -0.2) is 4.98 Å². The van der Waals surface area contributed by atoms with Crippen LogP contribution >= 0.6 is 0 Å². The number of carbonyl (C=O) groups excluding carboxylic acids is 3. The minimum Gasteiger partial charge on any atom is -0.391 e. The van der Waals surface area contributed by atoms with Crippen LogP contribution in [0.1, 0.15) is 35.9 Å². The van der Waals surface area contributed by atoms with Gasteiger partial charge in [-0.1, -0.05) is 18.2 Å². The molecule has 3 aliphatic heterocycles. The standard InChI is InChI=1S/C26H26N6O6/c1-14-6-8-16(33)11-31(14)23(34)18-12-30(13-26(18)17-4-2-3-5-19(17)29-25(26)36)24(35)22-27-20-9-7-15(32(37)38)10-21(20)28-22/h2-5,7,9-10,14,16,18,33H,6,8,11-13H2,1H3,(H,27,28)(H,29,36)/t14-,16-,18?,26?/m0/s1. The van der Waals surface area contributed by atoms with E-state index in [9.17, 15) is 29.6 Å². The second-order valence-corrected chi connectivity index (χ2v) is 10.3. The smallest absolute Gasteiger partial charge is 0.289 e. The van der Waals surface area contributed by atoms with E-state index in [1.54, 1.807) is 29.2 Å². The predicted octanol–water partition coefficient (Wildman–Crippen LogP) is 1.80. The summed E-state index contributed by atoms with van der Waals surface area (Å²) in [6, 6.07) is 11.1. The second kappa shape index (κ2) is 8.62. The fourth-order valence-electron chi connectivity index (χ4n) is 6.09. The number of carbonyl (C=O) groups is 3. The number of nitro groups is 1. The van der Waals surface area contributed by atoms with Crippen molar-refractivity contribution in [3.63, 3.8) is 0 Å². The van der Waals surface area contributed by atoms with E-state index in [4.69, 9.17) is 0 Å². The highest BCUT2D eigenvalue weighted by atomic mass is 16.6. The average molecular weight is 519 g/mol. The highest BCUT2D eigenvalue weighted by Crippen LogP contribution is 2.48. The Morgan fingerprint density at radius 2 is 1.97 bits per heavy atom. The van der Waals surface area contributed by atoms with E-state index < -0.39 is 28.3 Å². The van der Waals surface area contributed by atoms with Crippen molar-refractivity contribution in [2.24, 2.45) is 5.92 Å². The number of benzene rings is 2. The number of hydrogen-bond acceptors (Lipinski definition) is 7. The molecule has 2 unspecified atom stereocenters. The Kier molecular flexibility index (Phi) is 5.45. The Hall–Kier alpha value is -4.32. The maximum atomic E-state index is 14.0. The van der Waals surface area contributed by atoms with Crippen LogP contribution in [0, 0.1) is 16.0 Å². The number of para-hydroxylation sites is 1. The number of H-pyrrole nitrogens is 1. The van der Waals surface area contributed by atoms with Crippen LogP contribution in [0.4, 0.5) is 11.4 Å². The monoisotopic (exact) mass is 518 g/mol. The summed E-state index contributed by atoms with van der Waals surface area (Å²) >= 11 is 0. The number of piperidine rings is 1. The molecule has 0 radical (unpaired) electrons. The summed E-state index contributed by atoms with van der Waals surface area (Å²) in [5.74, 6) is -2.04. The number of fused-ring (bicyclic) bond motifs is 3. The first-order chi connectivity index (χ1) is 18.2. The van der Waals surface area contributed by atoms with Crippen molar-refractivity contribution in [1.82, 2.24) is 19.8 Å². The Bertz CT molecular complexity index is 1500. The van der Waals surface area contributed by atoms with Crippen LogP contribution in [-0.2, 0) is 15.0 Å². The van der Waals surface area contributed by atoms with Crippen molar-refractivity contribution in [1.29, 1.82) is 0 Å².